The lowest BCUT2D eigenvalue weighted by molar-refractivity contribution is 0.291. The zero-order valence-electron chi connectivity index (χ0n) is 8.68. The van der Waals surface area contributed by atoms with Gasteiger partial charge in [0.15, 0.2) is 0 Å². The van der Waals surface area contributed by atoms with Gasteiger partial charge in [-0.1, -0.05) is 19.1 Å². The van der Waals surface area contributed by atoms with E-state index in [0.717, 1.165) is 18.6 Å². The molecule has 0 aromatic heterocycles. The summed E-state index contributed by atoms with van der Waals surface area (Å²) in [6.07, 6.45) is 4.36. The maximum absolute atomic E-state index is 5.03. The van der Waals surface area contributed by atoms with Crippen molar-refractivity contribution in [2.45, 2.75) is 33.6 Å². The van der Waals surface area contributed by atoms with Crippen molar-refractivity contribution in [1.82, 2.24) is 0 Å². The van der Waals surface area contributed by atoms with Crippen LogP contribution in [0.2, 0.25) is 0 Å². The van der Waals surface area contributed by atoms with Crippen molar-refractivity contribution in [2.24, 2.45) is 5.92 Å². The van der Waals surface area contributed by atoms with Crippen LogP contribution >= 0.6 is 0 Å². The van der Waals surface area contributed by atoms with Gasteiger partial charge in [0.2, 0.25) is 0 Å². The van der Waals surface area contributed by atoms with E-state index in [0.29, 0.717) is 5.92 Å². The van der Waals surface area contributed by atoms with Crippen LogP contribution in [0.3, 0.4) is 0 Å². The van der Waals surface area contributed by atoms with Crippen LogP contribution in [-0.2, 0) is 4.74 Å². The lowest BCUT2D eigenvalue weighted by Gasteiger charge is -2.08. The smallest absolute Gasteiger partial charge is 0.0884 e. The largest absolute Gasteiger partial charge is 0.502 e. The molecule has 0 aromatic carbocycles. The molecule has 1 atom stereocenters. The Morgan fingerprint density at radius 3 is 2.50 bits per heavy atom. The molecular formula is C11H20O. The fourth-order valence-corrected chi connectivity index (χ4v) is 0.866. The predicted molar refractivity (Wildman–Crippen MR) is 54.0 cm³/mol. The van der Waals surface area contributed by atoms with E-state index < -0.39 is 0 Å². The van der Waals surface area contributed by atoms with Gasteiger partial charge in [0.05, 0.1) is 12.9 Å². The zero-order valence-corrected chi connectivity index (χ0v) is 8.68. The van der Waals surface area contributed by atoms with E-state index in [9.17, 15) is 0 Å². The second kappa shape index (κ2) is 5.87. The molecule has 0 saturated heterocycles. The Hall–Kier alpha value is -0.720. The van der Waals surface area contributed by atoms with Crippen LogP contribution in [0.5, 0.6) is 0 Å². The van der Waals surface area contributed by atoms with Gasteiger partial charge in [-0.25, -0.2) is 0 Å². The summed E-state index contributed by atoms with van der Waals surface area (Å²) in [5.41, 5.74) is 1.26. The topological polar surface area (TPSA) is 9.23 Å². The Balaban J connectivity index is 3.62. The van der Waals surface area contributed by atoms with Gasteiger partial charge >= 0.3 is 0 Å². The summed E-state index contributed by atoms with van der Waals surface area (Å²) >= 11 is 0. The summed E-state index contributed by atoms with van der Waals surface area (Å²) in [7, 11) is 1.70. The van der Waals surface area contributed by atoms with E-state index in [1.165, 1.54) is 5.57 Å². The van der Waals surface area contributed by atoms with Crippen molar-refractivity contribution in [2.75, 3.05) is 7.11 Å². The van der Waals surface area contributed by atoms with E-state index in [2.05, 4.69) is 26.5 Å². The van der Waals surface area contributed by atoms with Crippen LogP contribution in [0.4, 0.5) is 0 Å². The van der Waals surface area contributed by atoms with E-state index in [1.54, 1.807) is 7.11 Å². The molecule has 0 aliphatic heterocycles. The molecule has 0 aliphatic carbocycles. The summed E-state index contributed by atoms with van der Waals surface area (Å²) in [4.78, 5) is 0. The van der Waals surface area contributed by atoms with E-state index >= 15 is 0 Å². The summed E-state index contributed by atoms with van der Waals surface area (Å²) < 4.78 is 5.03. The Kier molecular flexibility index (Phi) is 5.52. The fourth-order valence-electron chi connectivity index (χ4n) is 0.866. The SMILES string of the molecule is C=C(C)C(C)CC/C=C(\C)OC. The lowest BCUT2D eigenvalue weighted by Crippen LogP contribution is -1.94. The minimum absolute atomic E-state index is 0.617. The van der Waals surface area contributed by atoms with Crippen LogP contribution in [0.15, 0.2) is 24.0 Å². The first kappa shape index (κ1) is 11.3. The van der Waals surface area contributed by atoms with Gasteiger partial charge in [-0.05, 0) is 38.7 Å². The standard InChI is InChI=1S/C11H20O/c1-9(2)10(3)7-6-8-11(4)12-5/h8,10H,1,6-7H2,2-5H3/b11-8+. The average molecular weight is 168 g/mol. The summed E-state index contributed by atoms with van der Waals surface area (Å²) in [6.45, 7) is 10.2. The summed E-state index contributed by atoms with van der Waals surface area (Å²) in [6, 6.07) is 0. The van der Waals surface area contributed by atoms with Crippen molar-refractivity contribution in [1.29, 1.82) is 0 Å². The van der Waals surface area contributed by atoms with Crippen molar-refractivity contribution in [3.8, 4) is 0 Å². The van der Waals surface area contributed by atoms with Gasteiger partial charge in [0, 0.05) is 0 Å². The predicted octanol–water partition coefficient (Wildman–Crippen LogP) is 3.53. The molecule has 0 heterocycles. The third kappa shape index (κ3) is 5.00. The monoisotopic (exact) mass is 168 g/mol. The highest BCUT2D eigenvalue weighted by Gasteiger charge is 2.00. The number of hydrogen-bond acceptors (Lipinski definition) is 1. The number of ether oxygens (including phenoxy) is 1. The molecule has 0 radical (unpaired) electrons. The maximum atomic E-state index is 5.03. The number of allylic oxidation sites excluding steroid dienone is 3. The van der Waals surface area contributed by atoms with E-state index in [1.807, 2.05) is 6.92 Å². The molecule has 0 N–H and O–H groups in total. The van der Waals surface area contributed by atoms with Crippen LogP contribution in [0.1, 0.15) is 33.6 Å². The third-order valence-corrected chi connectivity index (χ3v) is 2.19. The summed E-state index contributed by atoms with van der Waals surface area (Å²) in [5, 5.41) is 0. The van der Waals surface area contributed by atoms with E-state index in [-0.39, 0.29) is 0 Å². The van der Waals surface area contributed by atoms with Crippen LogP contribution in [-0.4, -0.2) is 7.11 Å². The second-order valence-corrected chi connectivity index (χ2v) is 3.34. The molecular weight excluding hydrogens is 148 g/mol. The first-order valence-electron chi connectivity index (χ1n) is 4.44. The van der Waals surface area contributed by atoms with Crippen molar-refractivity contribution in [3.63, 3.8) is 0 Å². The first-order chi connectivity index (χ1) is 5.57. The minimum atomic E-state index is 0.617. The van der Waals surface area contributed by atoms with Crippen molar-refractivity contribution < 1.29 is 4.74 Å². The Labute approximate surface area is 76.1 Å². The molecule has 1 nitrogen and oxygen atoms in total. The van der Waals surface area contributed by atoms with Gasteiger partial charge in [-0.3, -0.25) is 0 Å². The molecule has 0 bridgehead atoms. The summed E-state index contributed by atoms with van der Waals surface area (Å²) in [5.74, 6) is 1.62. The average Bonchev–Trinajstić information content (AvgIpc) is 2.03. The molecule has 1 heteroatoms. The van der Waals surface area contributed by atoms with Gasteiger partial charge in [-0.15, -0.1) is 0 Å². The van der Waals surface area contributed by atoms with Crippen LogP contribution in [0, 0.1) is 5.92 Å². The zero-order chi connectivity index (χ0) is 9.56. The highest BCUT2D eigenvalue weighted by atomic mass is 16.5. The van der Waals surface area contributed by atoms with Crippen LogP contribution < -0.4 is 0 Å². The molecule has 1 unspecified atom stereocenters. The molecule has 0 rings (SSSR count). The fraction of sp³-hybridized carbons (Fsp3) is 0.636. The van der Waals surface area contributed by atoms with Crippen molar-refractivity contribution in [3.05, 3.63) is 24.0 Å². The molecule has 0 saturated carbocycles. The molecule has 70 valence electrons. The van der Waals surface area contributed by atoms with Gasteiger partial charge in [-0.2, -0.15) is 0 Å². The van der Waals surface area contributed by atoms with Crippen molar-refractivity contribution >= 4 is 0 Å². The Morgan fingerprint density at radius 2 is 2.08 bits per heavy atom. The third-order valence-electron chi connectivity index (χ3n) is 2.19. The quantitative estimate of drug-likeness (QED) is 0.451. The highest BCUT2D eigenvalue weighted by molar-refractivity contribution is 4.96. The molecule has 0 aliphatic rings. The molecule has 0 amide bonds. The number of hydrogen-bond donors (Lipinski definition) is 0. The molecule has 0 aromatic rings. The van der Waals surface area contributed by atoms with Crippen LogP contribution in [0.25, 0.3) is 0 Å². The number of methoxy groups -OCH3 is 1. The molecule has 12 heavy (non-hydrogen) atoms. The first-order valence-corrected chi connectivity index (χ1v) is 4.44. The van der Waals surface area contributed by atoms with Gasteiger partial charge in [0.1, 0.15) is 0 Å². The second-order valence-electron chi connectivity index (χ2n) is 3.34. The highest BCUT2D eigenvalue weighted by Crippen LogP contribution is 2.14. The maximum Gasteiger partial charge on any atom is 0.0884 e. The van der Waals surface area contributed by atoms with Gasteiger partial charge < -0.3 is 4.74 Å². The molecule has 0 fully saturated rings. The minimum Gasteiger partial charge on any atom is -0.502 e. The Bertz CT molecular complexity index is 168. The van der Waals surface area contributed by atoms with Gasteiger partial charge in [0.25, 0.3) is 0 Å². The number of rotatable bonds is 5. The lowest BCUT2D eigenvalue weighted by atomic mass is 9.99. The normalized spacial score (nSPS) is 14.2. The molecule has 0 spiro atoms. The Morgan fingerprint density at radius 1 is 1.50 bits per heavy atom. The van der Waals surface area contributed by atoms with E-state index in [4.69, 9.17) is 4.74 Å².